The van der Waals surface area contributed by atoms with E-state index < -0.39 is 35.0 Å². The van der Waals surface area contributed by atoms with E-state index in [2.05, 4.69) is 0 Å². The molecular weight excluding hydrogens is 441 g/mol. The Balaban J connectivity index is 2.06. The average molecular weight is 464 g/mol. The van der Waals surface area contributed by atoms with Crippen LogP contribution in [0, 0.1) is 0 Å². The summed E-state index contributed by atoms with van der Waals surface area (Å²) >= 11 is 0. The number of halogens is 3. The number of ether oxygens (including phenoxy) is 3. The van der Waals surface area contributed by atoms with Crippen molar-refractivity contribution in [1.29, 1.82) is 0 Å². The molecule has 0 bridgehead atoms. The monoisotopic (exact) mass is 464 g/mol. The first-order valence-electron chi connectivity index (χ1n) is 10.3. The van der Waals surface area contributed by atoms with Crippen molar-refractivity contribution < 1.29 is 36.6 Å². The first-order valence-corrected chi connectivity index (χ1v) is 10.3. The third-order valence-electron chi connectivity index (χ3n) is 4.88. The number of hydrogen-bond acceptors (Lipinski definition) is 6. The van der Waals surface area contributed by atoms with Gasteiger partial charge in [-0.05, 0) is 31.5 Å². The first kappa shape index (κ1) is 24.2. The number of alkyl halides is 3. The molecule has 0 aliphatic heterocycles. The maximum atomic E-state index is 13.9. The van der Waals surface area contributed by atoms with Crippen LogP contribution in [-0.2, 0) is 15.7 Å². The quantitative estimate of drug-likeness (QED) is 0.319. The first-order chi connectivity index (χ1) is 15.7. The van der Waals surface area contributed by atoms with Crippen LogP contribution in [0.2, 0.25) is 0 Å². The van der Waals surface area contributed by atoms with E-state index in [1.807, 2.05) is 6.92 Å². The van der Waals surface area contributed by atoms with E-state index in [0.717, 1.165) is 12.5 Å². The van der Waals surface area contributed by atoms with E-state index in [-0.39, 0.29) is 34.6 Å². The summed E-state index contributed by atoms with van der Waals surface area (Å²) in [5, 5.41) is -0.0746. The minimum absolute atomic E-state index is 0.0354. The van der Waals surface area contributed by atoms with Crippen LogP contribution in [0.15, 0.2) is 51.7 Å². The molecule has 1 heterocycles. The number of hydrogen-bond donors (Lipinski definition) is 0. The van der Waals surface area contributed by atoms with Crippen molar-refractivity contribution in [3.05, 3.63) is 58.4 Å². The summed E-state index contributed by atoms with van der Waals surface area (Å²) in [5.41, 5.74) is -1.87. The molecule has 0 N–H and O–H groups in total. The van der Waals surface area contributed by atoms with Crippen LogP contribution >= 0.6 is 0 Å². The lowest BCUT2D eigenvalue weighted by Crippen LogP contribution is -2.26. The molecule has 0 unspecified atom stereocenters. The number of rotatable bonds is 8. The molecule has 1 atom stereocenters. The largest absolute Gasteiger partial charge is 0.496 e. The zero-order chi connectivity index (χ0) is 24.2. The van der Waals surface area contributed by atoms with Gasteiger partial charge in [0.15, 0.2) is 6.10 Å². The van der Waals surface area contributed by atoms with Gasteiger partial charge in [-0.2, -0.15) is 13.2 Å². The Morgan fingerprint density at radius 1 is 1.15 bits per heavy atom. The molecule has 3 aromatic rings. The Morgan fingerprint density at radius 2 is 1.88 bits per heavy atom. The van der Waals surface area contributed by atoms with Gasteiger partial charge in [-0.1, -0.05) is 31.5 Å². The zero-order valence-corrected chi connectivity index (χ0v) is 18.3. The molecule has 0 saturated heterocycles. The predicted molar refractivity (Wildman–Crippen MR) is 115 cm³/mol. The van der Waals surface area contributed by atoms with Crippen molar-refractivity contribution in [3.63, 3.8) is 0 Å². The van der Waals surface area contributed by atoms with Crippen molar-refractivity contribution in [2.45, 2.75) is 39.0 Å². The van der Waals surface area contributed by atoms with Gasteiger partial charge in [0.2, 0.25) is 11.2 Å². The van der Waals surface area contributed by atoms with E-state index in [4.69, 9.17) is 18.6 Å². The topological polar surface area (TPSA) is 75.0 Å². The maximum absolute atomic E-state index is 13.9. The van der Waals surface area contributed by atoms with Gasteiger partial charge in [0, 0.05) is 11.6 Å². The molecular formula is C24H23F3O6. The van der Waals surface area contributed by atoms with Gasteiger partial charge in [0.1, 0.15) is 17.1 Å². The number of fused-ring (bicyclic) bond motifs is 1. The number of carbonyl (C=O) groups excluding carboxylic acids is 1. The molecule has 3 rings (SSSR count). The summed E-state index contributed by atoms with van der Waals surface area (Å²) in [4.78, 5) is 25.1. The second-order valence-electron chi connectivity index (χ2n) is 7.27. The number of carbonyl (C=O) groups is 1. The Kier molecular flexibility index (Phi) is 7.30. The number of esters is 1. The van der Waals surface area contributed by atoms with Crippen molar-refractivity contribution in [3.8, 4) is 22.6 Å². The van der Waals surface area contributed by atoms with Crippen LogP contribution in [0.5, 0.6) is 11.5 Å². The van der Waals surface area contributed by atoms with Gasteiger partial charge >= 0.3 is 12.1 Å². The van der Waals surface area contributed by atoms with Gasteiger partial charge in [-0.3, -0.25) is 4.79 Å². The molecule has 0 spiro atoms. The Bertz CT molecular complexity index is 1200. The lowest BCUT2D eigenvalue weighted by molar-refractivity contribution is -0.152. The molecule has 0 saturated carbocycles. The third-order valence-corrected chi connectivity index (χ3v) is 4.88. The van der Waals surface area contributed by atoms with E-state index in [9.17, 15) is 22.8 Å². The number of benzene rings is 2. The van der Waals surface area contributed by atoms with Crippen LogP contribution in [0.3, 0.4) is 0 Å². The third kappa shape index (κ3) is 5.30. The van der Waals surface area contributed by atoms with Crippen LogP contribution in [0.25, 0.3) is 22.1 Å². The summed E-state index contributed by atoms with van der Waals surface area (Å²) in [5.74, 6) is -1.89. The zero-order valence-electron chi connectivity index (χ0n) is 18.3. The number of unbranched alkanes of at least 4 members (excludes halogenated alkanes) is 1. The maximum Gasteiger partial charge on any atom is 0.450 e. The lowest BCUT2D eigenvalue weighted by atomic mass is 10.0. The second-order valence-corrected chi connectivity index (χ2v) is 7.27. The van der Waals surface area contributed by atoms with Crippen LogP contribution in [0.4, 0.5) is 13.2 Å². The van der Waals surface area contributed by atoms with Crippen LogP contribution < -0.4 is 14.9 Å². The molecule has 0 amide bonds. The summed E-state index contributed by atoms with van der Waals surface area (Å²) in [7, 11) is 1.30. The molecule has 0 fully saturated rings. The van der Waals surface area contributed by atoms with E-state index in [0.29, 0.717) is 6.42 Å². The highest BCUT2D eigenvalue weighted by molar-refractivity contribution is 5.85. The van der Waals surface area contributed by atoms with Crippen LogP contribution in [0.1, 0.15) is 32.4 Å². The normalized spacial score (nSPS) is 12.4. The fourth-order valence-corrected chi connectivity index (χ4v) is 3.23. The van der Waals surface area contributed by atoms with Gasteiger partial charge < -0.3 is 18.6 Å². The number of methoxy groups -OCH3 is 1. The second kappa shape index (κ2) is 9.97. The average Bonchev–Trinajstić information content (AvgIpc) is 2.78. The highest BCUT2D eigenvalue weighted by Crippen LogP contribution is 2.40. The van der Waals surface area contributed by atoms with Gasteiger partial charge in [-0.25, -0.2) is 4.79 Å². The molecule has 6 nitrogen and oxygen atoms in total. The van der Waals surface area contributed by atoms with E-state index in [1.165, 1.54) is 44.4 Å². The standard InChI is InChI=1S/C24H23F3O6/c1-4-5-12-31-23(29)14(2)32-15-10-11-17-19(13-15)33-22(24(25,26)27)20(21(17)28)16-8-6-7-9-18(16)30-3/h6-11,13-14H,4-5,12H2,1-3H3/t14-/m0/s1. The van der Waals surface area contributed by atoms with Crippen molar-refractivity contribution >= 4 is 16.9 Å². The SMILES string of the molecule is CCCCOC(=O)[C@H](C)Oc1ccc2c(=O)c(-c3ccccc3OC)c(C(F)(F)F)oc2c1. The van der Waals surface area contributed by atoms with Gasteiger partial charge in [0.25, 0.3) is 0 Å². The fourth-order valence-electron chi connectivity index (χ4n) is 3.23. The predicted octanol–water partition coefficient (Wildman–Crippen LogP) is 5.60. The summed E-state index contributed by atoms with van der Waals surface area (Å²) in [6.07, 6.45) is -4.39. The van der Waals surface area contributed by atoms with E-state index >= 15 is 0 Å². The smallest absolute Gasteiger partial charge is 0.450 e. The molecule has 0 aliphatic rings. The lowest BCUT2D eigenvalue weighted by Gasteiger charge is -2.16. The summed E-state index contributed by atoms with van der Waals surface area (Å²) < 4.78 is 62.5. The fraction of sp³-hybridized carbons (Fsp3) is 0.333. The highest BCUT2D eigenvalue weighted by Gasteiger charge is 2.40. The number of para-hydroxylation sites is 1. The van der Waals surface area contributed by atoms with Crippen molar-refractivity contribution in [2.75, 3.05) is 13.7 Å². The summed E-state index contributed by atoms with van der Waals surface area (Å²) in [6, 6.07) is 9.72. The summed E-state index contributed by atoms with van der Waals surface area (Å²) in [6.45, 7) is 3.65. The van der Waals surface area contributed by atoms with Gasteiger partial charge in [-0.15, -0.1) is 0 Å². The molecule has 0 radical (unpaired) electrons. The molecule has 176 valence electrons. The Labute approximate surface area is 187 Å². The molecule has 33 heavy (non-hydrogen) atoms. The molecule has 0 aliphatic carbocycles. The van der Waals surface area contributed by atoms with Crippen molar-refractivity contribution in [2.24, 2.45) is 0 Å². The Hall–Kier alpha value is -3.49. The highest BCUT2D eigenvalue weighted by atomic mass is 19.4. The van der Waals surface area contributed by atoms with Crippen LogP contribution in [-0.4, -0.2) is 25.8 Å². The van der Waals surface area contributed by atoms with Crippen molar-refractivity contribution in [1.82, 2.24) is 0 Å². The molecule has 1 aromatic heterocycles. The molecule has 9 heteroatoms. The minimum atomic E-state index is -4.95. The van der Waals surface area contributed by atoms with E-state index in [1.54, 1.807) is 6.07 Å². The molecule has 2 aromatic carbocycles. The minimum Gasteiger partial charge on any atom is -0.496 e. The Morgan fingerprint density at radius 3 is 2.55 bits per heavy atom. The van der Waals surface area contributed by atoms with Gasteiger partial charge in [0.05, 0.1) is 24.7 Å².